The third-order valence-electron chi connectivity index (χ3n) is 4.19. The third-order valence-corrected chi connectivity index (χ3v) is 4.19. The van der Waals surface area contributed by atoms with Crippen LogP contribution in [0.15, 0.2) is 24.3 Å². The molecule has 0 aliphatic heterocycles. The van der Waals surface area contributed by atoms with Crippen molar-refractivity contribution in [3.8, 4) is 0 Å². The predicted octanol–water partition coefficient (Wildman–Crippen LogP) is 3.44. The van der Waals surface area contributed by atoms with Crippen molar-refractivity contribution in [2.75, 3.05) is 6.61 Å². The van der Waals surface area contributed by atoms with E-state index in [9.17, 15) is 4.79 Å². The summed E-state index contributed by atoms with van der Waals surface area (Å²) in [6.07, 6.45) is 0.476. The molecule has 0 aromatic heterocycles. The van der Waals surface area contributed by atoms with E-state index in [2.05, 4.69) is 50.4 Å². The molecule has 1 aromatic rings. The number of amides is 1. The highest BCUT2D eigenvalue weighted by molar-refractivity contribution is 5.77. The summed E-state index contributed by atoms with van der Waals surface area (Å²) >= 11 is 0. The predicted molar refractivity (Wildman–Crippen MR) is 87.4 cm³/mol. The zero-order chi connectivity index (χ0) is 16.0. The lowest BCUT2D eigenvalue weighted by Crippen LogP contribution is -2.38. The quantitative estimate of drug-likeness (QED) is 0.808. The minimum absolute atomic E-state index is 0.00184. The zero-order valence-corrected chi connectivity index (χ0v) is 13.9. The lowest BCUT2D eigenvalue weighted by atomic mass is 9.94. The van der Waals surface area contributed by atoms with Crippen LogP contribution in [0.1, 0.15) is 64.0 Å². The number of carbonyl (C=O) groups excluding carboxylic acids is 1. The first-order valence-electron chi connectivity index (χ1n) is 7.85. The fourth-order valence-corrected chi connectivity index (χ4v) is 2.22. The number of hydrogen-bond donors (Lipinski definition) is 2. The van der Waals surface area contributed by atoms with Crippen LogP contribution in [0, 0.1) is 5.92 Å². The van der Waals surface area contributed by atoms with Crippen molar-refractivity contribution in [1.29, 1.82) is 0 Å². The minimum Gasteiger partial charge on any atom is -0.396 e. The standard InChI is InChI=1S/C18H29NO2/c1-12(2)16-6-8-17(9-7-16)13(3)10-18(21)19-15(5)14(4)11-20/h6-9,12-15,20H,10-11H2,1-5H3,(H,19,21). The zero-order valence-electron chi connectivity index (χ0n) is 13.9. The van der Waals surface area contributed by atoms with Crippen LogP contribution in [0.4, 0.5) is 0 Å². The van der Waals surface area contributed by atoms with Crippen LogP contribution >= 0.6 is 0 Å². The first-order chi connectivity index (χ1) is 9.85. The molecule has 1 aromatic carbocycles. The van der Waals surface area contributed by atoms with Crippen molar-refractivity contribution < 1.29 is 9.90 Å². The second-order valence-electron chi connectivity index (χ2n) is 6.44. The highest BCUT2D eigenvalue weighted by Crippen LogP contribution is 2.22. The smallest absolute Gasteiger partial charge is 0.220 e. The van der Waals surface area contributed by atoms with Crippen molar-refractivity contribution in [3.63, 3.8) is 0 Å². The van der Waals surface area contributed by atoms with Gasteiger partial charge in [-0.3, -0.25) is 4.79 Å². The maximum Gasteiger partial charge on any atom is 0.220 e. The van der Waals surface area contributed by atoms with Gasteiger partial charge in [0.2, 0.25) is 5.91 Å². The molecule has 3 heteroatoms. The van der Waals surface area contributed by atoms with Gasteiger partial charge >= 0.3 is 0 Å². The molecular weight excluding hydrogens is 262 g/mol. The highest BCUT2D eigenvalue weighted by atomic mass is 16.3. The fraction of sp³-hybridized carbons (Fsp3) is 0.611. The van der Waals surface area contributed by atoms with Gasteiger partial charge in [0.15, 0.2) is 0 Å². The summed E-state index contributed by atoms with van der Waals surface area (Å²) in [6.45, 7) is 10.4. The summed E-state index contributed by atoms with van der Waals surface area (Å²) in [5, 5.41) is 12.1. The van der Waals surface area contributed by atoms with Gasteiger partial charge in [-0.05, 0) is 35.8 Å². The molecule has 0 radical (unpaired) electrons. The first-order valence-corrected chi connectivity index (χ1v) is 7.85. The Kier molecular flexibility index (Phi) is 6.90. The van der Waals surface area contributed by atoms with E-state index >= 15 is 0 Å². The Hall–Kier alpha value is -1.35. The SMILES string of the molecule is CC(C)c1ccc(C(C)CC(=O)NC(C)C(C)CO)cc1. The van der Waals surface area contributed by atoms with Gasteiger partial charge in [0.05, 0.1) is 0 Å². The van der Waals surface area contributed by atoms with E-state index in [1.54, 1.807) is 0 Å². The molecule has 2 N–H and O–H groups in total. The Morgan fingerprint density at radius 1 is 1.05 bits per heavy atom. The monoisotopic (exact) mass is 291 g/mol. The summed E-state index contributed by atoms with van der Waals surface area (Å²) in [6, 6.07) is 8.52. The van der Waals surface area contributed by atoms with E-state index in [1.165, 1.54) is 11.1 Å². The van der Waals surface area contributed by atoms with Crippen LogP contribution in [0.2, 0.25) is 0 Å². The van der Waals surface area contributed by atoms with Crippen molar-refractivity contribution in [3.05, 3.63) is 35.4 Å². The van der Waals surface area contributed by atoms with E-state index in [1.807, 2.05) is 13.8 Å². The molecule has 0 heterocycles. The Morgan fingerprint density at radius 2 is 1.57 bits per heavy atom. The summed E-state index contributed by atoms with van der Waals surface area (Å²) in [5.41, 5.74) is 2.51. The largest absolute Gasteiger partial charge is 0.396 e. The number of aliphatic hydroxyl groups is 1. The van der Waals surface area contributed by atoms with Gasteiger partial charge in [-0.15, -0.1) is 0 Å². The number of nitrogens with one attached hydrogen (secondary N) is 1. The van der Waals surface area contributed by atoms with Gasteiger partial charge in [0.1, 0.15) is 0 Å². The maximum atomic E-state index is 12.0. The van der Waals surface area contributed by atoms with Crippen molar-refractivity contribution in [1.82, 2.24) is 5.32 Å². The molecule has 0 aliphatic carbocycles. The van der Waals surface area contributed by atoms with Crippen LogP contribution in [-0.2, 0) is 4.79 Å². The average Bonchev–Trinajstić information content (AvgIpc) is 2.46. The van der Waals surface area contributed by atoms with Crippen molar-refractivity contribution in [2.24, 2.45) is 5.92 Å². The van der Waals surface area contributed by atoms with Crippen LogP contribution in [0.3, 0.4) is 0 Å². The topological polar surface area (TPSA) is 49.3 Å². The van der Waals surface area contributed by atoms with Crippen molar-refractivity contribution in [2.45, 2.75) is 58.9 Å². The number of rotatable bonds is 7. The van der Waals surface area contributed by atoms with Gasteiger partial charge in [0.25, 0.3) is 0 Å². The summed E-state index contributed by atoms with van der Waals surface area (Å²) in [5.74, 6) is 0.846. The van der Waals surface area contributed by atoms with Gasteiger partial charge in [0, 0.05) is 19.1 Å². The Morgan fingerprint density at radius 3 is 2.05 bits per heavy atom. The normalized spacial score (nSPS) is 15.6. The van der Waals surface area contributed by atoms with Gasteiger partial charge < -0.3 is 10.4 Å². The minimum atomic E-state index is -0.00184. The van der Waals surface area contributed by atoms with Gasteiger partial charge in [-0.1, -0.05) is 52.0 Å². The lowest BCUT2D eigenvalue weighted by Gasteiger charge is -2.20. The second-order valence-corrected chi connectivity index (χ2v) is 6.44. The number of hydrogen-bond acceptors (Lipinski definition) is 2. The van der Waals surface area contributed by atoms with E-state index < -0.39 is 0 Å². The molecule has 1 rings (SSSR count). The molecule has 3 unspecified atom stereocenters. The summed E-state index contributed by atoms with van der Waals surface area (Å²) in [7, 11) is 0. The maximum absolute atomic E-state index is 12.0. The molecule has 1 amide bonds. The molecule has 0 aliphatic rings. The lowest BCUT2D eigenvalue weighted by molar-refractivity contribution is -0.122. The summed E-state index contributed by atoms with van der Waals surface area (Å²) in [4.78, 5) is 12.0. The molecule has 3 atom stereocenters. The molecule has 0 fully saturated rings. The fourth-order valence-electron chi connectivity index (χ4n) is 2.22. The van der Waals surface area contributed by atoms with Crippen LogP contribution in [0.25, 0.3) is 0 Å². The average molecular weight is 291 g/mol. The molecule has 0 saturated carbocycles. The Balaban J connectivity index is 2.56. The summed E-state index contributed by atoms with van der Waals surface area (Å²) < 4.78 is 0. The van der Waals surface area contributed by atoms with Crippen LogP contribution < -0.4 is 5.32 Å². The van der Waals surface area contributed by atoms with Crippen LogP contribution in [0.5, 0.6) is 0 Å². The van der Waals surface area contributed by atoms with E-state index in [-0.39, 0.29) is 30.4 Å². The molecule has 0 saturated heterocycles. The van der Waals surface area contributed by atoms with Crippen LogP contribution in [-0.4, -0.2) is 23.7 Å². The number of carbonyl (C=O) groups is 1. The molecule has 0 spiro atoms. The van der Waals surface area contributed by atoms with E-state index in [4.69, 9.17) is 5.11 Å². The molecule has 118 valence electrons. The number of benzene rings is 1. The molecule has 21 heavy (non-hydrogen) atoms. The van der Waals surface area contributed by atoms with Gasteiger partial charge in [-0.2, -0.15) is 0 Å². The van der Waals surface area contributed by atoms with E-state index in [0.717, 1.165) is 0 Å². The molecular formula is C18H29NO2. The number of aliphatic hydroxyl groups excluding tert-OH is 1. The second kappa shape index (κ2) is 8.18. The first kappa shape index (κ1) is 17.7. The third kappa shape index (κ3) is 5.50. The van der Waals surface area contributed by atoms with E-state index in [0.29, 0.717) is 12.3 Å². The highest BCUT2D eigenvalue weighted by Gasteiger charge is 2.16. The Bertz CT molecular complexity index is 439. The Labute approximate surface area is 128 Å². The molecule has 0 bridgehead atoms. The van der Waals surface area contributed by atoms with Crippen molar-refractivity contribution >= 4 is 5.91 Å². The van der Waals surface area contributed by atoms with Gasteiger partial charge in [-0.25, -0.2) is 0 Å². The molecule has 3 nitrogen and oxygen atoms in total.